The molecule has 1 saturated heterocycles. The highest BCUT2D eigenvalue weighted by Crippen LogP contribution is 2.15. The maximum atomic E-state index is 5.70. The molecule has 1 N–H and O–H groups in total. The van der Waals surface area contributed by atoms with Crippen molar-refractivity contribution in [1.29, 1.82) is 0 Å². The van der Waals surface area contributed by atoms with Crippen LogP contribution in [0.2, 0.25) is 0 Å². The van der Waals surface area contributed by atoms with Crippen LogP contribution in [0.25, 0.3) is 0 Å². The van der Waals surface area contributed by atoms with E-state index in [1.54, 1.807) is 13.3 Å². The standard InChI is InChI=1S/C14H22N2O2/c1-17-14-12(5-4-8-16-14)11-15-9-7-13-6-2-3-10-18-13/h4-5,8,13,15H,2-3,6-7,9-11H2,1H3. The summed E-state index contributed by atoms with van der Waals surface area (Å²) in [6.07, 6.45) is 7.01. The lowest BCUT2D eigenvalue weighted by Crippen LogP contribution is -2.25. The topological polar surface area (TPSA) is 43.4 Å². The average Bonchev–Trinajstić information content (AvgIpc) is 2.45. The monoisotopic (exact) mass is 250 g/mol. The number of pyridine rings is 1. The van der Waals surface area contributed by atoms with Crippen LogP contribution < -0.4 is 10.1 Å². The number of rotatable bonds is 6. The van der Waals surface area contributed by atoms with E-state index in [1.807, 2.05) is 12.1 Å². The maximum absolute atomic E-state index is 5.70. The second kappa shape index (κ2) is 7.34. The summed E-state index contributed by atoms with van der Waals surface area (Å²) in [7, 11) is 1.65. The third kappa shape index (κ3) is 3.96. The highest BCUT2D eigenvalue weighted by atomic mass is 16.5. The van der Waals surface area contributed by atoms with Crippen LogP contribution >= 0.6 is 0 Å². The van der Waals surface area contributed by atoms with Crippen molar-refractivity contribution >= 4 is 0 Å². The largest absolute Gasteiger partial charge is 0.481 e. The van der Waals surface area contributed by atoms with E-state index in [0.29, 0.717) is 12.0 Å². The third-order valence-electron chi connectivity index (χ3n) is 3.28. The van der Waals surface area contributed by atoms with Gasteiger partial charge in [-0.3, -0.25) is 0 Å². The molecule has 1 aromatic heterocycles. The van der Waals surface area contributed by atoms with Crippen LogP contribution in [0.15, 0.2) is 18.3 Å². The summed E-state index contributed by atoms with van der Waals surface area (Å²) in [5.41, 5.74) is 1.10. The number of ether oxygens (including phenoxy) is 2. The molecular weight excluding hydrogens is 228 g/mol. The maximum Gasteiger partial charge on any atom is 0.217 e. The molecule has 4 heteroatoms. The number of hydrogen-bond donors (Lipinski definition) is 1. The van der Waals surface area contributed by atoms with Crippen molar-refractivity contribution in [2.45, 2.75) is 38.3 Å². The molecule has 1 aliphatic heterocycles. The zero-order valence-electron chi connectivity index (χ0n) is 11.0. The Hall–Kier alpha value is -1.13. The lowest BCUT2D eigenvalue weighted by Gasteiger charge is -2.22. The van der Waals surface area contributed by atoms with Crippen LogP contribution in [0.1, 0.15) is 31.2 Å². The zero-order chi connectivity index (χ0) is 12.6. The predicted octanol–water partition coefficient (Wildman–Crippen LogP) is 2.14. The third-order valence-corrected chi connectivity index (χ3v) is 3.28. The van der Waals surface area contributed by atoms with Gasteiger partial charge in [0.1, 0.15) is 0 Å². The second-order valence-electron chi connectivity index (χ2n) is 4.63. The van der Waals surface area contributed by atoms with Gasteiger partial charge in [-0.2, -0.15) is 0 Å². The fraction of sp³-hybridized carbons (Fsp3) is 0.643. The number of aromatic nitrogens is 1. The molecule has 1 atom stereocenters. The van der Waals surface area contributed by atoms with E-state index in [2.05, 4.69) is 10.3 Å². The van der Waals surface area contributed by atoms with Gasteiger partial charge in [0, 0.05) is 24.9 Å². The SMILES string of the molecule is COc1ncccc1CNCCC1CCCCO1. The molecule has 0 bridgehead atoms. The van der Waals surface area contributed by atoms with Crippen molar-refractivity contribution in [1.82, 2.24) is 10.3 Å². The molecule has 1 fully saturated rings. The molecule has 0 spiro atoms. The van der Waals surface area contributed by atoms with Gasteiger partial charge >= 0.3 is 0 Å². The van der Waals surface area contributed by atoms with Crippen LogP contribution in [0, 0.1) is 0 Å². The molecule has 2 heterocycles. The molecule has 4 nitrogen and oxygen atoms in total. The molecule has 1 aliphatic rings. The molecule has 0 amide bonds. The van der Waals surface area contributed by atoms with Crippen LogP contribution in [0.5, 0.6) is 5.88 Å². The minimum Gasteiger partial charge on any atom is -0.481 e. The van der Waals surface area contributed by atoms with Gasteiger partial charge in [0.05, 0.1) is 13.2 Å². The fourth-order valence-electron chi connectivity index (χ4n) is 2.26. The summed E-state index contributed by atoms with van der Waals surface area (Å²) in [6, 6.07) is 3.97. The van der Waals surface area contributed by atoms with Gasteiger partial charge in [-0.25, -0.2) is 4.98 Å². The molecule has 0 saturated carbocycles. The average molecular weight is 250 g/mol. The van der Waals surface area contributed by atoms with Crippen molar-refractivity contribution in [3.8, 4) is 5.88 Å². The molecule has 1 unspecified atom stereocenters. The Kier molecular flexibility index (Phi) is 5.42. The zero-order valence-corrected chi connectivity index (χ0v) is 11.0. The molecular formula is C14H22N2O2. The first kappa shape index (κ1) is 13.3. The van der Waals surface area contributed by atoms with E-state index in [1.165, 1.54) is 19.3 Å². The Labute approximate surface area is 109 Å². The summed E-state index contributed by atoms with van der Waals surface area (Å²) in [6.45, 7) is 2.70. The second-order valence-corrected chi connectivity index (χ2v) is 4.63. The van der Waals surface area contributed by atoms with Gasteiger partial charge in [0.25, 0.3) is 0 Å². The van der Waals surface area contributed by atoms with Gasteiger partial charge < -0.3 is 14.8 Å². The smallest absolute Gasteiger partial charge is 0.217 e. The molecule has 2 rings (SSSR count). The van der Waals surface area contributed by atoms with Crippen LogP contribution in [0.4, 0.5) is 0 Å². The Bertz CT molecular complexity index is 351. The number of nitrogens with zero attached hydrogens (tertiary/aromatic N) is 1. The van der Waals surface area contributed by atoms with E-state index >= 15 is 0 Å². The van der Waals surface area contributed by atoms with Gasteiger partial charge in [-0.1, -0.05) is 6.07 Å². The first-order chi connectivity index (χ1) is 8.90. The first-order valence-electron chi connectivity index (χ1n) is 6.70. The fourth-order valence-corrected chi connectivity index (χ4v) is 2.26. The first-order valence-corrected chi connectivity index (χ1v) is 6.70. The van der Waals surface area contributed by atoms with E-state index < -0.39 is 0 Å². The minimum absolute atomic E-state index is 0.446. The molecule has 100 valence electrons. The Morgan fingerprint density at radius 1 is 1.50 bits per heavy atom. The number of nitrogens with one attached hydrogen (secondary N) is 1. The Balaban J connectivity index is 1.68. The summed E-state index contributed by atoms with van der Waals surface area (Å²) in [5, 5.41) is 3.42. The quantitative estimate of drug-likeness (QED) is 0.786. The van der Waals surface area contributed by atoms with E-state index in [0.717, 1.165) is 31.7 Å². The van der Waals surface area contributed by atoms with E-state index in [4.69, 9.17) is 9.47 Å². The lowest BCUT2D eigenvalue weighted by molar-refractivity contribution is 0.0115. The summed E-state index contributed by atoms with van der Waals surface area (Å²) in [4.78, 5) is 4.18. The van der Waals surface area contributed by atoms with Crippen molar-refractivity contribution in [2.75, 3.05) is 20.3 Å². The molecule has 18 heavy (non-hydrogen) atoms. The molecule has 0 radical (unpaired) electrons. The van der Waals surface area contributed by atoms with Gasteiger partial charge in [-0.15, -0.1) is 0 Å². The predicted molar refractivity (Wildman–Crippen MR) is 70.7 cm³/mol. The summed E-state index contributed by atoms with van der Waals surface area (Å²) in [5.74, 6) is 0.707. The van der Waals surface area contributed by atoms with Gasteiger partial charge in [-0.05, 0) is 38.3 Å². The van der Waals surface area contributed by atoms with Crippen molar-refractivity contribution in [3.05, 3.63) is 23.9 Å². The Morgan fingerprint density at radius 3 is 3.22 bits per heavy atom. The highest BCUT2D eigenvalue weighted by Gasteiger charge is 2.12. The number of methoxy groups -OCH3 is 1. The minimum atomic E-state index is 0.446. The summed E-state index contributed by atoms with van der Waals surface area (Å²) >= 11 is 0. The van der Waals surface area contributed by atoms with Gasteiger partial charge in [0.15, 0.2) is 0 Å². The van der Waals surface area contributed by atoms with Crippen LogP contribution in [-0.4, -0.2) is 31.3 Å². The van der Waals surface area contributed by atoms with E-state index in [-0.39, 0.29) is 0 Å². The van der Waals surface area contributed by atoms with Crippen molar-refractivity contribution in [3.63, 3.8) is 0 Å². The van der Waals surface area contributed by atoms with Crippen LogP contribution in [-0.2, 0) is 11.3 Å². The highest BCUT2D eigenvalue weighted by molar-refractivity contribution is 5.24. The molecule has 0 aliphatic carbocycles. The van der Waals surface area contributed by atoms with Crippen molar-refractivity contribution < 1.29 is 9.47 Å². The lowest BCUT2D eigenvalue weighted by atomic mass is 10.1. The van der Waals surface area contributed by atoms with E-state index in [9.17, 15) is 0 Å². The summed E-state index contributed by atoms with van der Waals surface area (Å²) < 4.78 is 10.9. The molecule has 0 aromatic carbocycles. The Morgan fingerprint density at radius 2 is 2.44 bits per heavy atom. The normalized spacial score (nSPS) is 19.7. The number of hydrogen-bond acceptors (Lipinski definition) is 4. The van der Waals surface area contributed by atoms with Gasteiger partial charge in [0.2, 0.25) is 5.88 Å². The van der Waals surface area contributed by atoms with Crippen molar-refractivity contribution in [2.24, 2.45) is 0 Å². The van der Waals surface area contributed by atoms with Crippen LogP contribution in [0.3, 0.4) is 0 Å². The molecule has 1 aromatic rings.